The molecule has 1 aromatic carbocycles. The van der Waals surface area contributed by atoms with Crippen LogP contribution in [0.1, 0.15) is 28.2 Å². The third kappa shape index (κ3) is 2.83. The van der Waals surface area contributed by atoms with E-state index in [1.807, 2.05) is 22.9 Å². The number of ether oxygens (including phenoxy) is 1. The summed E-state index contributed by atoms with van der Waals surface area (Å²) < 4.78 is 20.7. The number of aromatic nitrogens is 2. The number of nitrogens with zero attached hydrogens (tertiary/aromatic N) is 2. The maximum absolute atomic E-state index is 13.3. The van der Waals surface area contributed by atoms with Gasteiger partial charge >= 0.3 is 0 Å². The zero-order valence-corrected chi connectivity index (χ0v) is 14.6. The van der Waals surface area contributed by atoms with Crippen LogP contribution in [-0.4, -0.2) is 35.1 Å². The number of imidazole rings is 1. The van der Waals surface area contributed by atoms with Gasteiger partial charge in [-0.2, -0.15) is 0 Å². The molecule has 1 aliphatic rings. The molecule has 5 nitrogen and oxygen atoms in total. The van der Waals surface area contributed by atoms with Crippen molar-refractivity contribution in [3.05, 3.63) is 58.6 Å². The summed E-state index contributed by atoms with van der Waals surface area (Å²) in [4.78, 5) is 18.0. The molecular weight excluding hydrogens is 341 g/mol. The van der Waals surface area contributed by atoms with E-state index >= 15 is 0 Å². The van der Waals surface area contributed by atoms with Gasteiger partial charge in [0.2, 0.25) is 0 Å². The van der Waals surface area contributed by atoms with Crippen molar-refractivity contribution in [3.63, 3.8) is 0 Å². The second-order valence-corrected chi connectivity index (χ2v) is 7.25. The normalized spacial score (nSPS) is 20.2. The van der Waals surface area contributed by atoms with Crippen molar-refractivity contribution < 1.29 is 13.9 Å². The van der Waals surface area contributed by atoms with Gasteiger partial charge in [-0.15, -0.1) is 11.3 Å². The van der Waals surface area contributed by atoms with E-state index in [2.05, 4.69) is 10.3 Å². The molecule has 3 heterocycles. The van der Waals surface area contributed by atoms with E-state index in [1.54, 1.807) is 12.1 Å². The molecule has 0 aliphatic carbocycles. The summed E-state index contributed by atoms with van der Waals surface area (Å²) in [5, 5.41) is 4.94. The molecule has 1 N–H and O–H groups in total. The first-order valence-electron chi connectivity index (χ1n) is 8.13. The lowest BCUT2D eigenvalue weighted by Gasteiger charge is -2.28. The minimum absolute atomic E-state index is 0.156. The van der Waals surface area contributed by atoms with E-state index < -0.39 is 0 Å². The Kier molecular flexibility index (Phi) is 4.05. The van der Waals surface area contributed by atoms with Crippen LogP contribution in [0.25, 0.3) is 4.96 Å². The van der Waals surface area contributed by atoms with Crippen molar-refractivity contribution in [1.29, 1.82) is 0 Å². The Balaban J connectivity index is 1.57. The van der Waals surface area contributed by atoms with Crippen LogP contribution in [0.2, 0.25) is 0 Å². The topological polar surface area (TPSA) is 55.6 Å². The quantitative estimate of drug-likeness (QED) is 0.779. The number of aryl methyl sites for hydroxylation is 1. The Bertz CT molecular complexity index is 910. The maximum atomic E-state index is 13.3. The van der Waals surface area contributed by atoms with E-state index in [-0.39, 0.29) is 17.1 Å². The lowest BCUT2D eigenvalue weighted by molar-refractivity contribution is 0.0932. The van der Waals surface area contributed by atoms with Gasteiger partial charge < -0.3 is 10.1 Å². The van der Waals surface area contributed by atoms with E-state index in [0.717, 1.165) is 16.9 Å². The lowest BCUT2D eigenvalue weighted by Crippen LogP contribution is -2.41. The number of hydrogen-bond acceptors (Lipinski definition) is 4. The van der Waals surface area contributed by atoms with Crippen LogP contribution in [0.5, 0.6) is 0 Å². The Morgan fingerprint density at radius 2 is 2.24 bits per heavy atom. The standard InChI is InChI=1S/C18H18FN3O2S/c1-12-15(22-7-9-25-17(22)21-12)16(23)20-10-18(6-8-24-11-18)13-2-4-14(19)5-3-13/h2-5,7,9H,6,8,10-11H2,1H3,(H,20,23). The molecule has 4 rings (SSSR count). The van der Waals surface area contributed by atoms with Gasteiger partial charge in [0.15, 0.2) is 4.96 Å². The molecule has 0 saturated carbocycles. The number of fused-ring (bicyclic) bond motifs is 1. The van der Waals surface area contributed by atoms with Crippen LogP contribution in [0.15, 0.2) is 35.8 Å². The molecule has 2 aromatic heterocycles. The number of benzene rings is 1. The molecule has 3 aromatic rings. The Hall–Kier alpha value is -2.25. The molecule has 1 aliphatic heterocycles. The van der Waals surface area contributed by atoms with Gasteiger partial charge in [-0.25, -0.2) is 9.37 Å². The summed E-state index contributed by atoms with van der Waals surface area (Å²) in [7, 11) is 0. The monoisotopic (exact) mass is 359 g/mol. The molecule has 7 heteroatoms. The van der Waals surface area contributed by atoms with Crippen LogP contribution in [0, 0.1) is 12.7 Å². The van der Waals surface area contributed by atoms with Crippen LogP contribution >= 0.6 is 11.3 Å². The van der Waals surface area contributed by atoms with Crippen molar-refractivity contribution >= 4 is 22.2 Å². The maximum Gasteiger partial charge on any atom is 0.270 e. The second-order valence-electron chi connectivity index (χ2n) is 6.37. The molecule has 25 heavy (non-hydrogen) atoms. The third-order valence-corrected chi connectivity index (χ3v) is 5.56. The van der Waals surface area contributed by atoms with Crippen LogP contribution < -0.4 is 5.32 Å². The van der Waals surface area contributed by atoms with Crippen molar-refractivity contribution in [2.75, 3.05) is 19.8 Å². The number of carbonyl (C=O) groups is 1. The molecular formula is C18H18FN3O2S. The molecule has 1 atom stereocenters. The molecule has 0 radical (unpaired) electrons. The summed E-state index contributed by atoms with van der Waals surface area (Å²) in [6.45, 7) is 3.42. The first-order valence-corrected chi connectivity index (χ1v) is 9.01. The zero-order chi connectivity index (χ0) is 17.4. The molecule has 1 unspecified atom stereocenters. The summed E-state index contributed by atoms with van der Waals surface area (Å²) in [5.41, 5.74) is 1.93. The fraction of sp³-hybridized carbons (Fsp3) is 0.333. The first-order chi connectivity index (χ1) is 12.1. The van der Waals surface area contributed by atoms with Gasteiger partial charge in [0.05, 0.1) is 12.3 Å². The minimum Gasteiger partial charge on any atom is -0.380 e. The Labute approximate surface area is 148 Å². The van der Waals surface area contributed by atoms with Gasteiger partial charge in [-0.1, -0.05) is 12.1 Å². The van der Waals surface area contributed by atoms with Crippen LogP contribution in [-0.2, 0) is 10.2 Å². The summed E-state index contributed by atoms with van der Waals surface area (Å²) in [6.07, 6.45) is 2.64. The summed E-state index contributed by atoms with van der Waals surface area (Å²) >= 11 is 1.50. The third-order valence-electron chi connectivity index (χ3n) is 4.80. The molecule has 0 bridgehead atoms. The van der Waals surface area contributed by atoms with Gasteiger partial charge in [-0.3, -0.25) is 9.20 Å². The fourth-order valence-electron chi connectivity index (χ4n) is 3.38. The Morgan fingerprint density at radius 3 is 2.96 bits per heavy atom. The lowest BCUT2D eigenvalue weighted by atomic mass is 9.79. The molecule has 1 amide bonds. The second kappa shape index (κ2) is 6.24. The van der Waals surface area contributed by atoms with Crippen molar-refractivity contribution in [3.8, 4) is 0 Å². The Morgan fingerprint density at radius 1 is 1.44 bits per heavy atom. The van der Waals surface area contributed by atoms with Gasteiger partial charge in [-0.05, 0) is 31.0 Å². The van der Waals surface area contributed by atoms with E-state index in [9.17, 15) is 9.18 Å². The number of halogens is 1. The number of thiazole rings is 1. The van der Waals surface area contributed by atoms with E-state index in [4.69, 9.17) is 4.74 Å². The molecule has 1 fully saturated rings. The summed E-state index contributed by atoms with van der Waals surface area (Å²) in [5.74, 6) is -0.423. The van der Waals surface area contributed by atoms with Crippen LogP contribution in [0.3, 0.4) is 0 Å². The van der Waals surface area contributed by atoms with Gasteiger partial charge in [0, 0.05) is 30.1 Å². The first kappa shape index (κ1) is 16.2. The highest BCUT2D eigenvalue weighted by atomic mass is 32.1. The highest BCUT2D eigenvalue weighted by Crippen LogP contribution is 2.33. The van der Waals surface area contributed by atoms with Crippen LogP contribution in [0.4, 0.5) is 4.39 Å². The fourth-order valence-corrected chi connectivity index (χ4v) is 4.14. The molecule has 1 saturated heterocycles. The van der Waals surface area contributed by atoms with Crippen molar-refractivity contribution in [2.24, 2.45) is 0 Å². The molecule has 0 spiro atoms. The smallest absolute Gasteiger partial charge is 0.270 e. The number of rotatable bonds is 4. The summed E-state index contributed by atoms with van der Waals surface area (Å²) in [6, 6.07) is 6.45. The van der Waals surface area contributed by atoms with Gasteiger partial charge in [0.25, 0.3) is 5.91 Å². The largest absolute Gasteiger partial charge is 0.380 e. The number of nitrogens with one attached hydrogen (secondary N) is 1. The zero-order valence-electron chi connectivity index (χ0n) is 13.8. The van der Waals surface area contributed by atoms with Gasteiger partial charge in [0.1, 0.15) is 11.5 Å². The number of hydrogen-bond donors (Lipinski definition) is 1. The highest BCUT2D eigenvalue weighted by molar-refractivity contribution is 7.15. The number of amides is 1. The van der Waals surface area contributed by atoms with Crippen molar-refractivity contribution in [2.45, 2.75) is 18.8 Å². The predicted molar refractivity (Wildman–Crippen MR) is 93.7 cm³/mol. The van der Waals surface area contributed by atoms with Crippen molar-refractivity contribution in [1.82, 2.24) is 14.7 Å². The van der Waals surface area contributed by atoms with E-state index in [1.165, 1.54) is 23.5 Å². The average Bonchev–Trinajstić information content (AvgIpc) is 3.30. The highest BCUT2D eigenvalue weighted by Gasteiger charge is 2.37. The predicted octanol–water partition coefficient (Wildman–Crippen LogP) is 2.93. The number of carbonyl (C=O) groups excluding carboxylic acids is 1. The average molecular weight is 359 g/mol. The van der Waals surface area contributed by atoms with E-state index in [0.29, 0.717) is 31.1 Å². The minimum atomic E-state index is -0.324. The molecule has 130 valence electrons. The SMILES string of the molecule is Cc1nc2sccn2c1C(=O)NCC1(c2ccc(F)cc2)CCOC1.